The number of ether oxygens (including phenoxy) is 1. The Kier molecular flexibility index (Phi) is 5.57. The number of aromatic nitrogens is 4. The molecule has 9 heteroatoms. The number of anilines is 1. The van der Waals surface area contributed by atoms with Gasteiger partial charge in [-0.2, -0.15) is 0 Å². The highest BCUT2D eigenvalue weighted by atomic mass is 16.5. The molecule has 0 fully saturated rings. The van der Waals surface area contributed by atoms with Crippen molar-refractivity contribution in [3.63, 3.8) is 0 Å². The highest BCUT2D eigenvalue weighted by Crippen LogP contribution is 2.16. The lowest BCUT2D eigenvalue weighted by atomic mass is 10.3. The Morgan fingerprint density at radius 2 is 1.84 bits per heavy atom. The number of benzene rings is 1. The van der Waals surface area contributed by atoms with Crippen LogP contribution in [0.15, 0.2) is 76.6 Å². The average Bonchev–Trinajstić information content (AvgIpc) is 2.80. The maximum absolute atomic E-state index is 13.2. The number of hydrogen-bond donors (Lipinski definition) is 1. The molecule has 0 aliphatic rings. The van der Waals surface area contributed by atoms with E-state index in [1.54, 1.807) is 60.8 Å². The molecule has 0 radical (unpaired) electrons. The number of hydrogen-bond acceptors (Lipinski definition) is 6. The number of nitrogens with one attached hydrogen (secondary N) is 1. The smallest absolute Gasteiger partial charge is 0.332 e. The van der Waals surface area contributed by atoms with Crippen LogP contribution in [0.25, 0.3) is 11.0 Å². The van der Waals surface area contributed by atoms with Gasteiger partial charge in [0.25, 0.3) is 5.56 Å². The molecule has 0 aliphatic carbocycles. The van der Waals surface area contributed by atoms with Crippen LogP contribution in [0.3, 0.4) is 0 Å². The van der Waals surface area contributed by atoms with Crippen molar-refractivity contribution in [2.75, 3.05) is 12.4 Å². The van der Waals surface area contributed by atoms with Crippen molar-refractivity contribution >= 4 is 22.6 Å². The standard InChI is InChI=1S/C22H19N5O4/c1-31-17-8-4-7-15(12-17)25-19(28)14-26-18-9-5-11-24-20(18)21(29)27(22(26)30)13-16-6-2-3-10-23-16/h2-12H,13-14H2,1H3,(H,25,28). The zero-order valence-electron chi connectivity index (χ0n) is 16.7. The van der Waals surface area contributed by atoms with E-state index in [9.17, 15) is 14.4 Å². The molecular formula is C22H19N5O4. The highest BCUT2D eigenvalue weighted by molar-refractivity contribution is 5.91. The van der Waals surface area contributed by atoms with Crippen LogP contribution < -0.4 is 21.3 Å². The van der Waals surface area contributed by atoms with Gasteiger partial charge in [0, 0.05) is 24.1 Å². The summed E-state index contributed by atoms with van der Waals surface area (Å²) in [7, 11) is 1.53. The predicted octanol–water partition coefficient (Wildman–Crippen LogP) is 1.65. The summed E-state index contributed by atoms with van der Waals surface area (Å²) in [5.41, 5.74) is 0.321. The van der Waals surface area contributed by atoms with Gasteiger partial charge < -0.3 is 10.1 Å². The third kappa shape index (κ3) is 4.20. The number of nitrogens with zero attached hydrogens (tertiary/aromatic N) is 4. The van der Waals surface area contributed by atoms with Crippen molar-refractivity contribution in [1.29, 1.82) is 0 Å². The molecule has 0 saturated carbocycles. The summed E-state index contributed by atoms with van der Waals surface area (Å²) < 4.78 is 7.43. The van der Waals surface area contributed by atoms with E-state index >= 15 is 0 Å². The van der Waals surface area contributed by atoms with Crippen LogP contribution in [0.1, 0.15) is 5.69 Å². The molecule has 0 bridgehead atoms. The van der Waals surface area contributed by atoms with Gasteiger partial charge in [-0.1, -0.05) is 12.1 Å². The van der Waals surface area contributed by atoms with Crippen molar-refractivity contribution in [2.45, 2.75) is 13.1 Å². The Balaban J connectivity index is 1.73. The van der Waals surface area contributed by atoms with Crippen molar-refractivity contribution in [3.8, 4) is 5.75 Å². The van der Waals surface area contributed by atoms with E-state index in [2.05, 4.69) is 15.3 Å². The Morgan fingerprint density at radius 3 is 2.61 bits per heavy atom. The minimum atomic E-state index is -0.614. The van der Waals surface area contributed by atoms with Gasteiger partial charge in [-0.25, -0.2) is 9.78 Å². The molecule has 156 valence electrons. The number of carbonyl (C=O) groups excluding carboxylic acids is 1. The van der Waals surface area contributed by atoms with E-state index in [1.807, 2.05) is 0 Å². The number of fused-ring (bicyclic) bond motifs is 1. The first-order chi connectivity index (χ1) is 15.1. The number of rotatable bonds is 6. The minimum absolute atomic E-state index is 0.0253. The zero-order valence-corrected chi connectivity index (χ0v) is 16.7. The first-order valence-corrected chi connectivity index (χ1v) is 9.49. The van der Waals surface area contributed by atoms with Gasteiger partial charge in [0.1, 0.15) is 12.3 Å². The summed E-state index contributed by atoms with van der Waals surface area (Å²) >= 11 is 0. The predicted molar refractivity (Wildman–Crippen MR) is 115 cm³/mol. The third-order valence-corrected chi connectivity index (χ3v) is 4.69. The molecule has 1 aromatic carbocycles. The fraction of sp³-hybridized carbons (Fsp3) is 0.136. The fourth-order valence-corrected chi connectivity index (χ4v) is 3.23. The van der Waals surface area contributed by atoms with Crippen LogP contribution in [0.2, 0.25) is 0 Å². The lowest BCUT2D eigenvalue weighted by molar-refractivity contribution is -0.116. The number of carbonyl (C=O) groups is 1. The molecular weight excluding hydrogens is 398 g/mol. The molecule has 4 aromatic rings. The molecule has 0 unspecified atom stereocenters. The minimum Gasteiger partial charge on any atom is -0.497 e. The molecule has 4 rings (SSSR count). The van der Waals surface area contributed by atoms with Gasteiger partial charge in [-0.3, -0.25) is 23.7 Å². The van der Waals surface area contributed by atoms with Crippen molar-refractivity contribution < 1.29 is 9.53 Å². The third-order valence-electron chi connectivity index (χ3n) is 4.69. The maximum atomic E-state index is 13.2. The molecule has 31 heavy (non-hydrogen) atoms. The van der Waals surface area contributed by atoms with E-state index < -0.39 is 17.2 Å². The van der Waals surface area contributed by atoms with Gasteiger partial charge in [0.15, 0.2) is 5.52 Å². The molecule has 0 spiro atoms. The van der Waals surface area contributed by atoms with Crippen LogP contribution in [0, 0.1) is 0 Å². The summed E-state index contributed by atoms with van der Waals surface area (Å²) in [5, 5.41) is 2.74. The Morgan fingerprint density at radius 1 is 1.00 bits per heavy atom. The molecule has 0 atom stereocenters. The van der Waals surface area contributed by atoms with E-state index in [1.165, 1.54) is 17.9 Å². The largest absolute Gasteiger partial charge is 0.497 e. The summed E-state index contributed by atoms with van der Waals surface area (Å²) in [6, 6.07) is 15.3. The molecule has 1 N–H and O–H groups in total. The second-order valence-corrected chi connectivity index (χ2v) is 6.73. The van der Waals surface area contributed by atoms with Gasteiger partial charge >= 0.3 is 5.69 Å². The first kappa shape index (κ1) is 20.0. The molecule has 0 aliphatic heterocycles. The quantitative estimate of drug-likeness (QED) is 0.511. The van der Waals surface area contributed by atoms with E-state index in [0.29, 0.717) is 17.1 Å². The van der Waals surface area contributed by atoms with E-state index in [0.717, 1.165) is 4.57 Å². The van der Waals surface area contributed by atoms with Crippen LogP contribution in [-0.4, -0.2) is 32.1 Å². The van der Waals surface area contributed by atoms with Crippen LogP contribution >= 0.6 is 0 Å². The normalized spacial score (nSPS) is 10.7. The second kappa shape index (κ2) is 8.62. The lowest BCUT2D eigenvalue weighted by Crippen LogP contribution is -2.42. The monoisotopic (exact) mass is 417 g/mol. The van der Waals surface area contributed by atoms with Gasteiger partial charge in [0.05, 0.1) is 24.9 Å². The number of amides is 1. The number of methoxy groups -OCH3 is 1. The summed E-state index contributed by atoms with van der Waals surface area (Å²) in [5.74, 6) is 0.164. The molecule has 9 nitrogen and oxygen atoms in total. The van der Waals surface area contributed by atoms with Crippen molar-refractivity contribution in [1.82, 2.24) is 19.1 Å². The van der Waals surface area contributed by atoms with E-state index in [4.69, 9.17) is 4.74 Å². The lowest BCUT2D eigenvalue weighted by Gasteiger charge is -2.14. The second-order valence-electron chi connectivity index (χ2n) is 6.73. The van der Waals surface area contributed by atoms with E-state index in [-0.39, 0.29) is 24.1 Å². The molecule has 3 heterocycles. The Bertz CT molecular complexity index is 1360. The average molecular weight is 417 g/mol. The molecule has 0 saturated heterocycles. The highest BCUT2D eigenvalue weighted by Gasteiger charge is 2.17. The maximum Gasteiger partial charge on any atom is 0.332 e. The first-order valence-electron chi connectivity index (χ1n) is 9.49. The summed E-state index contributed by atoms with van der Waals surface area (Å²) in [4.78, 5) is 47.1. The Hall–Kier alpha value is -4.27. The Labute approximate surface area is 176 Å². The molecule has 3 aromatic heterocycles. The van der Waals surface area contributed by atoms with Gasteiger partial charge in [-0.05, 0) is 36.4 Å². The zero-order chi connectivity index (χ0) is 21.8. The molecule has 1 amide bonds. The summed E-state index contributed by atoms with van der Waals surface area (Å²) in [6.45, 7) is -0.316. The number of pyridine rings is 2. The van der Waals surface area contributed by atoms with Crippen molar-refractivity contribution in [3.05, 3.63) is 93.5 Å². The SMILES string of the molecule is COc1cccc(NC(=O)Cn2c(=O)n(Cc3ccccn3)c(=O)c3ncccc32)c1. The summed E-state index contributed by atoms with van der Waals surface area (Å²) in [6.07, 6.45) is 3.06. The van der Waals surface area contributed by atoms with Crippen LogP contribution in [0.5, 0.6) is 5.75 Å². The van der Waals surface area contributed by atoms with Crippen molar-refractivity contribution in [2.24, 2.45) is 0 Å². The van der Waals surface area contributed by atoms with Gasteiger partial charge in [-0.15, -0.1) is 0 Å². The van der Waals surface area contributed by atoms with Crippen LogP contribution in [0.4, 0.5) is 5.69 Å². The fourth-order valence-electron chi connectivity index (χ4n) is 3.23. The van der Waals surface area contributed by atoms with Gasteiger partial charge in [0.2, 0.25) is 5.91 Å². The topological polar surface area (TPSA) is 108 Å². The van der Waals surface area contributed by atoms with Crippen LogP contribution in [-0.2, 0) is 17.9 Å².